The highest BCUT2D eigenvalue weighted by Gasteiger charge is 2.56. The van der Waals surface area contributed by atoms with Gasteiger partial charge in [-0.3, -0.25) is 9.79 Å². The van der Waals surface area contributed by atoms with Crippen molar-refractivity contribution in [2.24, 2.45) is 10.7 Å². The third-order valence-corrected chi connectivity index (χ3v) is 4.46. The van der Waals surface area contributed by atoms with Gasteiger partial charge in [-0.15, -0.1) is 5.10 Å². The van der Waals surface area contributed by atoms with Crippen LogP contribution in [-0.4, -0.2) is 41.1 Å². The molecule has 0 spiro atoms. The molecule has 2 aromatic rings. The van der Waals surface area contributed by atoms with Gasteiger partial charge in [0.2, 0.25) is 0 Å². The summed E-state index contributed by atoms with van der Waals surface area (Å²) in [6.45, 7) is 0.225. The molecular weight excluding hydrogens is 375 g/mol. The lowest BCUT2D eigenvalue weighted by Gasteiger charge is -2.36. The van der Waals surface area contributed by atoms with Crippen molar-refractivity contribution in [3.63, 3.8) is 0 Å². The second kappa shape index (κ2) is 7.55. The molecule has 0 saturated carbocycles. The number of halogens is 3. The van der Waals surface area contributed by atoms with Crippen LogP contribution >= 0.6 is 0 Å². The van der Waals surface area contributed by atoms with Gasteiger partial charge in [0, 0.05) is 17.4 Å². The molecule has 2 heterocycles. The number of nitrogens with two attached hydrogens (primary N) is 1. The number of hydrogen-bond donors (Lipinski definition) is 2. The highest BCUT2D eigenvalue weighted by atomic mass is 19.3. The highest BCUT2D eigenvalue weighted by molar-refractivity contribution is 6.02. The van der Waals surface area contributed by atoms with Crippen LogP contribution in [0.2, 0.25) is 0 Å². The van der Waals surface area contributed by atoms with Crippen molar-refractivity contribution >= 4 is 17.4 Å². The van der Waals surface area contributed by atoms with E-state index in [9.17, 15) is 18.0 Å². The molecule has 3 rings (SSSR count). The summed E-state index contributed by atoms with van der Waals surface area (Å²) in [7, 11) is 0. The monoisotopic (exact) mass is 393 g/mol. The lowest BCUT2D eigenvalue weighted by molar-refractivity contribution is -0.123. The summed E-state index contributed by atoms with van der Waals surface area (Å²) in [6.07, 6.45) is 1.17. The standard InChI is InChI=1S/C18H18F3N5O2/c1-2-17(18(20,21)10-28-9-15(22)25-17)12-8-11(5-6-13(12)19)24-16(27)14-4-3-7-23-26-14/h3-8H,2,9-10H2,1H3,(H2,22,25)(H,24,27). The molecule has 1 unspecified atom stereocenters. The van der Waals surface area contributed by atoms with Crippen molar-refractivity contribution in [1.82, 2.24) is 10.2 Å². The fourth-order valence-corrected chi connectivity index (χ4v) is 3.09. The molecule has 1 aliphatic rings. The number of anilines is 1. The Labute approximate surface area is 158 Å². The molecule has 28 heavy (non-hydrogen) atoms. The van der Waals surface area contributed by atoms with Crippen LogP contribution in [0.4, 0.5) is 18.9 Å². The highest BCUT2D eigenvalue weighted by Crippen LogP contribution is 2.46. The minimum atomic E-state index is -3.52. The van der Waals surface area contributed by atoms with Crippen molar-refractivity contribution in [1.29, 1.82) is 0 Å². The first-order chi connectivity index (χ1) is 13.3. The first kappa shape index (κ1) is 19.7. The summed E-state index contributed by atoms with van der Waals surface area (Å²) in [5.41, 5.74) is 3.16. The number of aliphatic imine (C=N–C) groups is 1. The number of amidine groups is 1. The first-order valence-corrected chi connectivity index (χ1v) is 8.48. The Balaban J connectivity index is 2.04. The first-order valence-electron chi connectivity index (χ1n) is 8.48. The summed E-state index contributed by atoms with van der Waals surface area (Å²) < 4.78 is 49.4. The Hall–Kier alpha value is -3.01. The van der Waals surface area contributed by atoms with Crippen molar-refractivity contribution in [2.75, 3.05) is 18.5 Å². The zero-order valence-corrected chi connectivity index (χ0v) is 15.0. The van der Waals surface area contributed by atoms with Gasteiger partial charge < -0.3 is 15.8 Å². The van der Waals surface area contributed by atoms with E-state index in [4.69, 9.17) is 10.5 Å². The number of amides is 1. The van der Waals surface area contributed by atoms with Crippen LogP contribution < -0.4 is 11.1 Å². The summed E-state index contributed by atoms with van der Waals surface area (Å²) in [5.74, 6) is -5.18. The number of carbonyl (C=O) groups excluding carboxylic acids is 1. The Morgan fingerprint density at radius 1 is 1.36 bits per heavy atom. The number of ether oxygens (including phenoxy) is 1. The van der Waals surface area contributed by atoms with E-state index in [1.165, 1.54) is 31.3 Å². The van der Waals surface area contributed by atoms with Gasteiger partial charge in [-0.25, -0.2) is 13.2 Å². The summed E-state index contributed by atoms with van der Waals surface area (Å²) in [6, 6.07) is 6.33. The molecule has 1 atom stereocenters. The minimum absolute atomic E-state index is 0.0223. The fraction of sp³-hybridized carbons (Fsp3) is 0.333. The lowest BCUT2D eigenvalue weighted by atomic mass is 9.81. The Morgan fingerprint density at radius 2 is 2.14 bits per heavy atom. The van der Waals surface area contributed by atoms with Gasteiger partial charge >= 0.3 is 0 Å². The van der Waals surface area contributed by atoms with Gasteiger partial charge in [-0.1, -0.05) is 6.92 Å². The van der Waals surface area contributed by atoms with E-state index < -0.39 is 29.8 Å². The second-order valence-corrected chi connectivity index (χ2v) is 6.27. The molecule has 0 aliphatic carbocycles. The van der Waals surface area contributed by atoms with Crippen LogP contribution in [0.3, 0.4) is 0 Å². The number of rotatable bonds is 4. The maximum absolute atomic E-state index is 14.9. The van der Waals surface area contributed by atoms with Gasteiger partial charge in [0.25, 0.3) is 11.8 Å². The van der Waals surface area contributed by atoms with E-state index in [0.29, 0.717) is 0 Å². The predicted octanol–water partition coefficient (Wildman–Crippen LogP) is 2.50. The second-order valence-electron chi connectivity index (χ2n) is 6.27. The van der Waals surface area contributed by atoms with Crippen molar-refractivity contribution in [3.05, 3.63) is 53.6 Å². The Morgan fingerprint density at radius 3 is 2.82 bits per heavy atom. The summed E-state index contributed by atoms with van der Waals surface area (Å²) in [5, 5.41) is 9.76. The van der Waals surface area contributed by atoms with Gasteiger partial charge in [-0.2, -0.15) is 5.10 Å². The van der Waals surface area contributed by atoms with Gasteiger partial charge in [0.15, 0.2) is 11.2 Å². The van der Waals surface area contributed by atoms with E-state index in [0.717, 1.165) is 12.1 Å². The molecule has 7 nitrogen and oxygen atoms in total. The molecule has 10 heteroatoms. The van der Waals surface area contributed by atoms with Crippen LogP contribution in [-0.2, 0) is 10.3 Å². The van der Waals surface area contributed by atoms with E-state index in [1.54, 1.807) is 0 Å². The van der Waals surface area contributed by atoms with Crippen LogP contribution in [0.15, 0.2) is 41.5 Å². The maximum Gasteiger partial charge on any atom is 0.299 e. The number of hydrogen-bond acceptors (Lipinski definition) is 6. The summed E-state index contributed by atoms with van der Waals surface area (Å²) in [4.78, 5) is 16.2. The SMILES string of the molecule is CCC1(c2cc(NC(=O)c3cccnn3)ccc2F)N=C(N)COCC1(F)F. The van der Waals surface area contributed by atoms with Crippen LogP contribution in [0.25, 0.3) is 0 Å². The quantitative estimate of drug-likeness (QED) is 0.831. The molecule has 148 valence electrons. The van der Waals surface area contributed by atoms with Gasteiger partial charge in [0.05, 0.1) is 0 Å². The zero-order chi connectivity index (χ0) is 20.4. The maximum atomic E-state index is 14.9. The topological polar surface area (TPSA) is 102 Å². The van der Waals surface area contributed by atoms with Gasteiger partial charge in [-0.05, 0) is 36.8 Å². The van der Waals surface area contributed by atoms with Gasteiger partial charge in [0.1, 0.15) is 24.9 Å². The average Bonchev–Trinajstić information content (AvgIpc) is 2.79. The van der Waals surface area contributed by atoms with Crippen molar-refractivity contribution < 1.29 is 22.7 Å². The zero-order valence-electron chi connectivity index (χ0n) is 15.0. The summed E-state index contributed by atoms with van der Waals surface area (Å²) >= 11 is 0. The molecule has 3 N–H and O–H groups in total. The number of nitrogens with one attached hydrogen (secondary N) is 1. The number of aromatic nitrogens is 2. The van der Waals surface area contributed by atoms with Crippen LogP contribution in [0, 0.1) is 5.82 Å². The predicted molar refractivity (Wildman–Crippen MR) is 95.7 cm³/mol. The van der Waals surface area contributed by atoms with Crippen LogP contribution in [0.5, 0.6) is 0 Å². The number of benzene rings is 1. The lowest BCUT2D eigenvalue weighted by Crippen LogP contribution is -2.47. The normalized spacial score (nSPS) is 21.5. The molecule has 1 aromatic heterocycles. The number of carbonyl (C=O) groups is 1. The molecule has 0 bridgehead atoms. The third-order valence-electron chi connectivity index (χ3n) is 4.46. The number of nitrogens with zero attached hydrogens (tertiary/aromatic N) is 3. The molecule has 0 fully saturated rings. The average molecular weight is 393 g/mol. The molecule has 0 saturated heterocycles. The van der Waals surface area contributed by atoms with E-state index in [2.05, 4.69) is 20.5 Å². The van der Waals surface area contributed by atoms with E-state index in [1.807, 2.05) is 0 Å². The molecule has 0 radical (unpaired) electrons. The van der Waals surface area contributed by atoms with Crippen molar-refractivity contribution in [3.8, 4) is 0 Å². The van der Waals surface area contributed by atoms with E-state index in [-0.39, 0.29) is 35.8 Å². The fourth-order valence-electron chi connectivity index (χ4n) is 3.09. The van der Waals surface area contributed by atoms with E-state index >= 15 is 0 Å². The Bertz CT molecular complexity index is 907. The largest absolute Gasteiger partial charge is 0.385 e. The van der Waals surface area contributed by atoms with Crippen LogP contribution in [0.1, 0.15) is 29.4 Å². The molecule has 1 aliphatic heterocycles. The molecule has 1 amide bonds. The number of alkyl halides is 2. The third kappa shape index (κ3) is 3.55. The Kier molecular flexibility index (Phi) is 5.32. The molecule has 1 aromatic carbocycles. The molecular formula is C18H18F3N5O2. The minimum Gasteiger partial charge on any atom is -0.385 e. The van der Waals surface area contributed by atoms with Crippen molar-refractivity contribution in [2.45, 2.75) is 24.8 Å². The smallest absolute Gasteiger partial charge is 0.299 e.